The van der Waals surface area contributed by atoms with Gasteiger partial charge in [0.1, 0.15) is 5.75 Å². The highest BCUT2D eigenvalue weighted by atomic mass is 35.5. The lowest BCUT2D eigenvalue weighted by atomic mass is 10.2. The molecule has 0 spiro atoms. The van der Waals surface area contributed by atoms with Gasteiger partial charge in [0.15, 0.2) is 0 Å². The molecule has 6 heteroatoms. The van der Waals surface area contributed by atoms with Crippen molar-refractivity contribution < 1.29 is 9.90 Å². The maximum absolute atomic E-state index is 12.3. The van der Waals surface area contributed by atoms with Gasteiger partial charge in [-0.05, 0) is 36.5 Å². The fraction of sp³-hybridized carbons (Fsp3) is 0.611. The molecule has 1 saturated carbocycles. The van der Waals surface area contributed by atoms with E-state index in [1.807, 2.05) is 23.1 Å². The molecule has 0 unspecified atom stereocenters. The average Bonchev–Trinajstić information content (AvgIpc) is 3.37. The van der Waals surface area contributed by atoms with Crippen LogP contribution in [0.25, 0.3) is 0 Å². The highest BCUT2D eigenvalue weighted by Gasteiger charge is 2.25. The second-order valence-corrected chi connectivity index (χ2v) is 6.73. The molecular weight excluding hydrogens is 326 g/mol. The third-order valence-electron chi connectivity index (χ3n) is 4.64. The van der Waals surface area contributed by atoms with E-state index in [-0.39, 0.29) is 18.3 Å². The number of halogens is 1. The van der Waals surface area contributed by atoms with Crippen molar-refractivity contribution in [3.8, 4) is 5.75 Å². The van der Waals surface area contributed by atoms with E-state index in [9.17, 15) is 9.90 Å². The van der Waals surface area contributed by atoms with E-state index in [2.05, 4.69) is 10.2 Å². The van der Waals surface area contributed by atoms with E-state index < -0.39 is 0 Å². The lowest BCUT2D eigenvalue weighted by molar-refractivity contribution is -0.132. The summed E-state index contributed by atoms with van der Waals surface area (Å²) in [5.74, 6) is 1.37. The molecule has 1 aromatic carbocycles. The molecule has 134 valence electrons. The third kappa shape index (κ3) is 5.96. The summed E-state index contributed by atoms with van der Waals surface area (Å²) in [6.07, 6.45) is 3.20. The van der Waals surface area contributed by atoms with Crippen LogP contribution in [0.3, 0.4) is 0 Å². The van der Waals surface area contributed by atoms with Crippen molar-refractivity contribution in [2.24, 2.45) is 5.92 Å². The van der Waals surface area contributed by atoms with Gasteiger partial charge in [-0.3, -0.25) is 9.69 Å². The van der Waals surface area contributed by atoms with Crippen molar-refractivity contribution in [2.75, 3.05) is 39.3 Å². The molecule has 1 heterocycles. The second-order valence-electron chi connectivity index (χ2n) is 6.73. The molecule has 0 radical (unpaired) electrons. The Kier molecular flexibility index (Phi) is 7.34. The van der Waals surface area contributed by atoms with Crippen LogP contribution >= 0.6 is 12.4 Å². The first-order valence-corrected chi connectivity index (χ1v) is 8.69. The number of carbonyl (C=O) groups excluding carboxylic acids is 1. The Morgan fingerprint density at radius 1 is 1.29 bits per heavy atom. The minimum absolute atomic E-state index is 0. The number of nitrogens with one attached hydrogen (secondary N) is 1. The highest BCUT2D eigenvalue weighted by Crippen LogP contribution is 2.30. The molecule has 0 aromatic heterocycles. The van der Waals surface area contributed by atoms with Gasteiger partial charge in [0.2, 0.25) is 5.91 Å². The normalized spacial score (nSPS) is 17.6. The molecule has 3 rings (SSSR count). The maximum Gasteiger partial charge on any atom is 0.223 e. The van der Waals surface area contributed by atoms with Gasteiger partial charge in [0, 0.05) is 52.2 Å². The molecule has 0 bridgehead atoms. The van der Waals surface area contributed by atoms with Gasteiger partial charge < -0.3 is 15.3 Å². The van der Waals surface area contributed by atoms with Gasteiger partial charge in [0.25, 0.3) is 0 Å². The van der Waals surface area contributed by atoms with Crippen LogP contribution in [0.1, 0.15) is 24.8 Å². The minimum Gasteiger partial charge on any atom is -0.508 e. The number of phenols is 1. The third-order valence-corrected chi connectivity index (χ3v) is 4.64. The standard InChI is InChI=1S/C18H27N3O2.ClH/c22-17-3-1-2-16(12-17)14-20(13-15-4-5-15)9-6-18(23)21-10-7-19-8-11-21;/h1-3,12,15,19,22H,4-11,13-14H2;1H. The Morgan fingerprint density at radius 3 is 2.71 bits per heavy atom. The number of piperazine rings is 1. The summed E-state index contributed by atoms with van der Waals surface area (Å²) in [5.41, 5.74) is 1.11. The summed E-state index contributed by atoms with van der Waals surface area (Å²) in [6.45, 7) is 6.13. The Labute approximate surface area is 150 Å². The summed E-state index contributed by atoms with van der Waals surface area (Å²) >= 11 is 0. The summed E-state index contributed by atoms with van der Waals surface area (Å²) in [6, 6.07) is 7.43. The number of nitrogens with zero attached hydrogens (tertiary/aromatic N) is 2. The number of rotatable bonds is 7. The Hall–Kier alpha value is -1.30. The maximum atomic E-state index is 12.3. The molecule has 1 aliphatic carbocycles. The van der Waals surface area contributed by atoms with E-state index in [0.717, 1.165) is 57.3 Å². The molecule has 2 aliphatic rings. The number of carbonyl (C=O) groups is 1. The van der Waals surface area contributed by atoms with Crippen LogP contribution in [0, 0.1) is 5.92 Å². The molecular formula is C18H28ClN3O2. The van der Waals surface area contributed by atoms with Gasteiger partial charge in [-0.2, -0.15) is 0 Å². The molecule has 2 N–H and O–H groups in total. The lowest BCUT2D eigenvalue weighted by Gasteiger charge is -2.29. The first kappa shape index (κ1) is 19.0. The van der Waals surface area contributed by atoms with E-state index in [0.29, 0.717) is 12.2 Å². The predicted octanol–water partition coefficient (Wildman–Crippen LogP) is 1.85. The van der Waals surface area contributed by atoms with E-state index in [4.69, 9.17) is 0 Å². The van der Waals surface area contributed by atoms with Crippen LogP contribution in [0.4, 0.5) is 0 Å². The highest BCUT2D eigenvalue weighted by molar-refractivity contribution is 5.85. The molecule has 1 amide bonds. The van der Waals surface area contributed by atoms with Crippen LogP contribution < -0.4 is 5.32 Å². The van der Waals surface area contributed by atoms with Gasteiger partial charge in [0.05, 0.1) is 0 Å². The first-order chi connectivity index (χ1) is 11.2. The Morgan fingerprint density at radius 2 is 2.04 bits per heavy atom. The number of benzene rings is 1. The number of hydrogen-bond acceptors (Lipinski definition) is 4. The second kappa shape index (κ2) is 9.25. The number of hydrogen-bond donors (Lipinski definition) is 2. The van der Waals surface area contributed by atoms with Crippen LogP contribution in [-0.4, -0.2) is 60.1 Å². The quantitative estimate of drug-likeness (QED) is 0.785. The van der Waals surface area contributed by atoms with Crippen molar-refractivity contribution in [1.29, 1.82) is 0 Å². The molecule has 2 fully saturated rings. The fourth-order valence-corrected chi connectivity index (χ4v) is 3.14. The average molecular weight is 354 g/mol. The largest absolute Gasteiger partial charge is 0.508 e. The van der Waals surface area contributed by atoms with Gasteiger partial charge in [-0.15, -0.1) is 12.4 Å². The van der Waals surface area contributed by atoms with Crippen LogP contribution in [-0.2, 0) is 11.3 Å². The number of phenolic OH excluding ortho intramolecular Hbond substituents is 1. The topological polar surface area (TPSA) is 55.8 Å². The molecule has 1 saturated heterocycles. The minimum atomic E-state index is 0. The van der Waals surface area contributed by atoms with Crippen molar-refractivity contribution in [3.63, 3.8) is 0 Å². The smallest absolute Gasteiger partial charge is 0.223 e. The number of amides is 1. The first-order valence-electron chi connectivity index (χ1n) is 8.69. The molecule has 5 nitrogen and oxygen atoms in total. The Balaban J connectivity index is 0.00000208. The zero-order valence-electron chi connectivity index (χ0n) is 14.1. The summed E-state index contributed by atoms with van der Waals surface area (Å²) in [4.78, 5) is 16.7. The van der Waals surface area contributed by atoms with Gasteiger partial charge in [-0.25, -0.2) is 0 Å². The zero-order chi connectivity index (χ0) is 16.1. The molecule has 24 heavy (non-hydrogen) atoms. The van der Waals surface area contributed by atoms with Crippen molar-refractivity contribution in [3.05, 3.63) is 29.8 Å². The monoisotopic (exact) mass is 353 g/mol. The summed E-state index contributed by atoms with van der Waals surface area (Å²) in [5, 5.41) is 12.9. The van der Waals surface area contributed by atoms with E-state index in [1.165, 1.54) is 12.8 Å². The summed E-state index contributed by atoms with van der Waals surface area (Å²) in [7, 11) is 0. The predicted molar refractivity (Wildman–Crippen MR) is 97.4 cm³/mol. The van der Waals surface area contributed by atoms with E-state index in [1.54, 1.807) is 6.07 Å². The van der Waals surface area contributed by atoms with Crippen molar-refractivity contribution in [1.82, 2.24) is 15.1 Å². The van der Waals surface area contributed by atoms with Crippen molar-refractivity contribution >= 4 is 18.3 Å². The summed E-state index contributed by atoms with van der Waals surface area (Å²) < 4.78 is 0. The fourth-order valence-electron chi connectivity index (χ4n) is 3.14. The Bertz CT molecular complexity index is 531. The van der Waals surface area contributed by atoms with Crippen LogP contribution in [0.15, 0.2) is 24.3 Å². The van der Waals surface area contributed by atoms with Crippen molar-refractivity contribution in [2.45, 2.75) is 25.8 Å². The zero-order valence-corrected chi connectivity index (χ0v) is 14.9. The van der Waals surface area contributed by atoms with Gasteiger partial charge >= 0.3 is 0 Å². The number of aromatic hydroxyl groups is 1. The van der Waals surface area contributed by atoms with Crippen LogP contribution in [0.2, 0.25) is 0 Å². The SMILES string of the molecule is Cl.O=C(CCN(Cc1cccc(O)c1)CC1CC1)N1CCNCC1. The lowest BCUT2D eigenvalue weighted by Crippen LogP contribution is -2.47. The molecule has 0 atom stereocenters. The molecule has 1 aliphatic heterocycles. The molecule has 1 aromatic rings. The van der Waals surface area contributed by atoms with E-state index >= 15 is 0 Å². The van der Waals surface area contributed by atoms with Gasteiger partial charge in [-0.1, -0.05) is 12.1 Å². The van der Waals surface area contributed by atoms with Crippen LogP contribution in [0.5, 0.6) is 5.75 Å².